The van der Waals surface area contributed by atoms with Crippen LogP contribution < -0.4 is 0 Å². The Bertz CT molecular complexity index is 404. The summed E-state index contributed by atoms with van der Waals surface area (Å²) in [6.07, 6.45) is 4.00. The lowest BCUT2D eigenvalue weighted by molar-refractivity contribution is 0.206. The van der Waals surface area contributed by atoms with Gasteiger partial charge in [-0.2, -0.15) is 0 Å². The largest absolute Gasteiger partial charge is 0.392 e. The van der Waals surface area contributed by atoms with Crippen LogP contribution in [-0.4, -0.2) is 23.1 Å². The molecule has 2 nitrogen and oxygen atoms in total. The molecule has 0 spiro atoms. The number of likely N-dealkylation sites (tertiary alicyclic amines) is 1. The third kappa shape index (κ3) is 4.32. The molecule has 20 heavy (non-hydrogen) atoms. The van der Waals surface area contributed by atoms with Crippen molar-refractivity contribution in [3.05, 3.63) is 35.4 Å². The van der Waals surface area contributed by atoms with Crippen LogP contribution in [0.4, 0.5) is 0 Å². The predicted octanol–water partition coefficient (Wildman–Crippen LogP) is 3.83. The molecule has 1 aromatic carbocycles. The monoisotopic (exact) mass is 275 g/mol. The second-order valence-electron chi connectivity index (χ2n) is 7.24. The molecule has 0 bridgehead atoms. The Morgan fingerprint density at radius 1 is 1.05 bits per heavy atom. The highest BCUT2D eigenvalue weighted by molar-refractivity contribution is 5.21. The number of aliphatic hydroxyl groups excluding tert-OH is 1. The van der Waals surface area contributed by atoms with Crippen LogP contribution in [0.15, 0.2) is 24.3 Å². The van der Waals surface area contributed by atoms with Gasteiger partial charge in [-0.05, 0) is 54.8 Å². The average Bonchev–Trinajstić information content (AvgIpc) is 2.65. The van der Waals surface area contributed by atoms with Gasteiger partial charge < -0.3 is 5.11 Å². The fourth-order valence-electron chi connectivity index (χ4n) is 3.19. The highest BCUT2D eigenvalue weighted by Crippen LogP contribution is 2.34. The predicted molar refractivity (Wildman–Crippen MR) is 84.4 cm³/mol. The first kappa shape index (κ1) is 15.5. The van der Waals surface area contributed by atoms with Crippen LogP contribution in [0.2, 0.25) is 0 Å². The number of hydrogen-bond acceptors (Lipinski definition) is 2. The molecular formula is C18H29NO. The first-order chi connectivity index (χ1) is 9.49. The van der Waals surface area contributed by atoms with Gasteiger partial charge in [-0.3, -0.25) is 4.90 Å². The van der Waals surface area contributed by atoms with Gasteiger partial charge in [0.1, 0.15) is 0 Å². The van der Waals surface area contributed by atoms with E-state index in [4.69, 9.17) is 5.11 Å². The van der Waals surface area contributed by atoms with Crippen LogP contribution in [0.25, 0.3) is 0 Å². The molecule has 1 saturated heterocycles. The Morgan fingerprint density at radius 3 is 2.30 bits per heavy atom. The molecule has 112 valence electrons. The van der Waals surface area contributed by atoms with Crippen LogP contribution in [-0.2, 0) is 13.2 Å². The summed E-state index contributed by atoms with van der Waals surface area (Å²) >= 11 is 0. The van der Waals surface area contributed by atoms with E-state index in [1.165, 1.54) is 37.9 Å². The quantitative estimate of drug-likeness (QED) is 0.906. The molecule has 1 atom stereocenters. The van der Waals surface area contributed by atoms with Crippen LogP contribution in [0.5, 0.6) is 0 Å². The van der Waals surface area contributed by atoms with Crippen molar-refractivity contribution in [1.82, 2.24) is 4.90 Å². The van der Waals surface area contributed by atoms with Crippen molar-refractivity contribution in [2.75, 3.05) is 13.1 Å². The second kappa shape index (κ2) is 6.73. The molecule has 1 N–H and O–H groups in total. The fraction of sp³-hybridized carbons (Fsp3) is 0.667. The minimum atomic E-state index is 0.136. The summed E-state index contributed by atoms with van der Waals surface area (Å²) in [5.41, 5.74) is 2.80. The van der Waals surface area contributed by atoms with Crippen molar-refractivity contribution in [2.45, 2.75) is 53.2 Å². The Kier molecular flexibility index (Phi) is 5.22. The van der Waals surface area contributed by atoms with Gasteiger partial charge in [0, 0.05) is 6.54 Å². The minimum absolute atomic E-state index is 0.136. The van der Waals surface area contributed by atoms with Gasteiger partial charge in [0.15, 0.2) is 0 Å². The third-order valence-corrected chi connectivity index (χ3v) is 4.66. The van der Waals surface area contributed by atoms with E-state index in [-0.39, 0.29) is 6.61 Å². The van der Waals surface area contributed by atoms with Crippen molar-refractivity contribution in [1.29, 1.82) is 0 Å². The zero-order valence-corrected chi connectivity index (χ0v) is 13.2. The van der Waals surface area contributed by atoms with Gasteiger partial charge in [-0.15, -0.1) is 0 Å². The Hall–Kier alpha value is -0.860. The van der Waals surface area contributed by atoms with E-state index in [9.17, 15) is 0 Å². The third-order valence-electron chi connectivity index (χ3n) is 4.66. The normalized spacial score (nSPS) is 21.7. The summed E-state index contributed by atoms with van der Waals surface area (Å²) in [6, 6.07) is 8.37. The maximum atomic E-state index is 9.08. The first-order valence-electron chi connectivity index (χ1n) is 7.90. The van der Waals surface area contributed by atoms with Crippen LogP contribution in [0.3, 0.4) is 0 Å². The average molecular weight is 275 g/mol. The number of rotatable bonds is 3. The van der Waals surface area contributed by atoms with E-state index in [0.717, 1.165) is 18.0 Å². The molecule has 1 aliphatic heterocycles. The van der Waals surface area contributed by atoms with E-state index >= 15 is 0 Å². The van der Waals surface area contributed by atoms with E-state index in [1.807, 2.05) is 12.1 Å². The van der Waals surface area contributed by atoms with Crippen molar-refractivity contribution in [3.63, 3.8) is 0 Å². The van der Waals surface area contributed by atoms with E-state index in [0.29, 0.717) is 5.41 Å². The molecule has 1 heterocycles. The molecule has 2 rings (SSSR count). The van der Waals surface area contributed by atoms with E-state index in [2.05, 4.69) is 37.8 Å². The van der Waals surface area contributed by atoms with Crippen molar-refractivity contribution < 1.29 is 5.11 Å². The summed E-state index contributed by atoms with van der Waals surface area (Å²) in [6.45, 7) is 10.7. The van der Waals surface area contributed by atoms with Crippen molar-refractivity contribution in [2.24, 2.45) is 11.3 Å². The molecule has 1 fully saturated rings. The second-order valence-corrected chi connectivity index (χ2v) is 7.24. The van der Waals surface area contributed by atoms with Gasteiger partial charge in [-0.1, -0.05) is 45.0 Å². The number of nitrogens with zero attached hydrogens (tertiary/aromatic N) is 1. The molecular weight excluding hydrogens is 246 g/mol. The summed E-state index contributed by atoms with van der Waals surface area (Å²) in [5, 5.41) is 9.08. The fourth-order valence-corrected chi connectivity index (χ4v) is 3.19. The maximum absolute atomic E-state index is 9.08. The van der Waals surface area contributed by atoms with Gasteiger partial charge >= 0.3 is 0 Å². The van der Waals surface area contributed by atoms with Gasteiger partial charge in [0.2, 0.25) is 0 Å². The van der Waals surface area contributed by atoms with E-state index in [1.54, 1.807) is 0 Å². The molecule has 2 heteroatoms. The number of hydrogen-bond donors (Lipinski definition) is 1. The summed E-state index contributed by atoms with van der Waals surface area (Å²) in [7, 11) is 0. The summed E-state index contributed by atoms with van der Waals surface area (Å²) in [5.74, 6) is 0.851. The molecule has 0 aliphatic carbocycles. The minimum Gasteiger partial charge on any atom is -0.392 e. The molecule has 0 aromatic heterocycles. The zero-order chi connectivity index (χ0) is 14.6. The van der Waals surface area contributed by atoms with Crippen LogP contribution in [0.1, 0.15) is 51.2 Å². The molecule has 0 amide bonds. The zero-order valence-electron chi connectivity index (χ0n) is 13.2. The number of benzene rings is 1. The Morgan fingerprint density at radius 2 is 1.70 bits per heavy atom. The molecule has 0 saturated carbocycles. The molecule has 1 aliphatic rings. The highest BCUT2D eigenvalue weighted by atomic mass is 16.3. The lowest BCUT2D eigenvalue weighted by Crippen LogP contribution is -2.26. The lowest BCUT2D eigenvalue weighted by Gasteiger charge is -2.29. The van der Waals surface area contributed by atoms with Gasteiger partial charge in [-0.25, -0.2) is 0 Å². The van der Waals surface area contributed by atoms with Crippen molar-refractivity contribution >= 4 is 0 Å². The van der Waals surface area contributed by atoms with Crippen molar-refractivity contribution in [3.8, 4) is 0 Å². The standard InChI is InChI=1S/C18H29NO/c1-18(2,3)17-5-4-11-19(12-10-17)13-15-6-8-16(14-20)9-7-15/h6-9,17,20H,4-5,10-14H2,1-3H3. The highest BCUT2D eigenvalue weighted by Gasteiger charge is 2.26. The van der Waals surface area contributed by atoms with Gasteiger partial charge in [0.05, 0.1) is 6.61 Å². The van der Waals surface area contributed by atoms with Crippen LogP contribution >= 0.6 is 0 Å². The van der Waals surface area contributed by atoms with Crippen LogP contribution in [0, 0.1) is 11.3 Å². The lowest BCUT2D eigenvalue weighted by atomic mass is 9.77. The number of aliphatic hydroxyl groups is 1. The Labute approximate surface area is 123 Å². The SMILES string of the molecule is CC(C)(C)C1CCCN(Cc2ccc(CO)cc2)CC1. The summed E-state index contributed by atoms with van der Waals surface area (Å²) < 4.78 is 0. The molecule has 0 radical (unpaired) electrons. The van der Waals surface area contributed by atoms with E-state index < -0.39 is 0 Å². The molecule has 1 aromatic rings. The molecule has 1 unspecified atom stereocenters. The first-order valence-corrected chi connectivity index (χ1v) is 7.90. The topological polar surface area (TPSA) is 23.5 Å². The Balaban J connectivity index is 1.90. The summed E-state index contributed by atoms with van der Waals surface area (Å²) in [4.78, 5) is 2.58. The van der Waals surface area contributed by atoms with Gasteiger partial charge in [0.25, 0.3) is 0 Å². The smallest absolute Gasteiger partial charge is 0.0681 e. The maximum Gasteiger partial charge on any atom is 0.0681 e.